The van der Waals surface area contributed by atoms with E-state index < -0.39 is 0 Å². The number of thioether (sulfide) groups is 1. The summed E-state index contributed by atoms with van der Waals surface area (Å²) in [6, 6.07) is 3.51. The molecule has 0 spiro atoms. The molecular formula is C14H22N2O2S. The zero-order chi connectivity index (χ0) is 13.7. The van der Waals surface area contributed by atoms with Gasteiger partial charge in [-0.2, -0.15) is 11.8 Å². The molecule has 1 aromatic rings. The fourth-order valence-corrected chi connectivity index (χ4v) is 3.12. The van der Waals surface area contributed by atoms with Crippen molar-refractivity contribution in [2.24, 2.45) is 0 Å². The molecule has 0 saturated heterocycles. The largest absolute Gasteiger partial charge is 0.467 e. The van der Waals surface area contributed by atoms with Crippen molar-refractivity contribution >= 4 is 17.7 Å². The lowest BCUT2D eigenvalue weighted by Gasteiger charge is -2.41. The van der Waals surface area contributed by atoms with Crippen LogP contribution in [0.3, 0.4) is 0 Å². The highest BCUT2D eigenvalue weighted by atomic mass is 32.2. The van der Waals surface area contributed by atoms with Gasteiger partial charge >= 0.3 is 0 Å². The van der Waals surface area contributed by atoms with Crippen LogP contribution in [0.4, 0.5) is 0 Å². The van der Waals surface area contributed by atoms with Gasteiger partial charge in [-0.25, -0.2) is 0 Å². The average Bonchev–Trinajstić information content (AvgIpc) is 2.88. The number of carbonyl (C=O) groups excluding carboxylic acids is 1. The molecule has 0 aliphatic heterocycles. The summed E-state index contributed by atoms with van der Waals surface area (Å²) >= 11 is 1.91. The summed E-state index contributed by atoms with van der Waals surface area (Å²) in [5, 5.41) is 6.22. The number of amides is 1. The Morgan fingerprint density at radius 3 is 2.89 bits per heavy atom. The Kier molecular flexibility index (Phi) is 4.93. The minimum absolute atomic E-state index is 0.0203. The van der Waals surface area contributed by atoms with Crippen LogP contribution in [0, 0.1) is 0 Å². The van der Waals surface area contributed by atoms with E-state index in [0.29, 0.717) is 11.3 Å². The van der Waals surface area contributed by atoms with Gasteiger partial charge < -0.3 is 15.1 Å². The second-order valence-corrected chi connectivity index (χ2v) is 6.41. The summed E-state index contributed by atoms with van der Waals surface area (Å²) in [5.74, 6) is 0.798. The van der Waals surface area contributed by atoms with E-state index in [1.54, 1.807) is 6.26 Å². The Hall–Kier alpha value is -0.940. The molecule has 1 aliphatic carbocycles. The molecule has 0 bridgehead atoms. The van der Waals surface area contributed by atoms with Crippen LogP contribution in [0.1, 0.15) is 31.9 Å². The third-order valence-electron chi connectivity index (χ3n) is 3.84. The van der Waals surface area contributed by atoms with Gasteiger partial charge in [-0.3, -0.25) is 4.79 Å². The molecule has 1 amide bonds. The number of hydrogen-bond acceptors (Lipinski definition) is 4. The number of nitrogens with one attached hydrogen (secondary N) is 2. The van der Waals surface area contributed by atoms with Crippen molar-refractivity contribution in [2.75, 3.05) is 12.8 Å². The molecule has 1 heterocycles. The van der Waals surface area contributed by atoms with E-state index in [2.05, 4.69) is 16.9 Å². The van der Waals surface area contributed by atoms with Gasteiger partial charge in [-0.1, -0.05) is 6.42 Å². The van der Waals surface area contributed by atoms with Crippen LogP contribution in [-0.2, 0) is 11.3 Å². The summed E-state index contributed by atoms with van der Waals surface area (Å²) in [4.78, 5) is 11.9. The summed E-state index contributed by atoms with van der Waals surface area (Å²) in [7, 11) is 0. The Labute approximate surface area is 118 Å². The zero-order valence-corrected chi connectivity index (χ0v) is 12.4. The third kappa shape index (κ3) is 3.76. The highest BCUT2D eigenvalue weighted by Gasteiger charge is 2.36. The Balaban J connectivity index is 1.70. The fraction of sp³-hybridized carbons (Fsp3) is 0.643. The summed E-state index contributed by atoms with van der Waals surface area (Å²) in [6.07, 6.45) is 7.58. The number of rotatable bonds is 7. The van der Waals surface area contributed by atoms with E-state index in [9.17, 15) is 4.79 Å². The minimum atomic E-state index is -0.167. The number of hydrogen-bond donors (Lipinski definition) is 2. The smallest absolute Gasteiger partial charge is 0.237 e. The van der Waals surface area contributed by atoms with Crippen molar-refractivity contribution in [1.82, 2.24) is 10.6 Å². The van der Waals surface area contributed by atoms with Crippen LogP contribution >= 0.6 is 11.8 Å². The molecule has 1 aromatic heterocycles. The molecule has 0 aromatic carbocycles. The Morgan fingerprint density at radius 2 is 2.37 bits per heavy atom. The van der Waals surface area contributed by atoms with Gasteiger partial charge in [0.2, 0.25) is 5.91 Å². The molecule has 4 nitrogen and oxygen atoms in total. The maximum Gasteiger partial charge on any atom is 0.237 e. The lowest BCUT2D eigenvalue weighted by molar-refractivity contribution is -0.123. The minimum Gasteiger partial charge on any atom is -0.467 e. The standard InChI is InChI=1S/C14H22N2O2S/c1-11(16-10-14(19-2)6-4-7-14)13(17)15-9-12-5-3-8-18-12/h3,5,8,11,16H,4,6-7,9-10H2,1-2H3,(H,15,17). The molecule has 106 valence electrons. The van der Waals surface area contributed by atoms with Crippen LogP contribution in [0.15, 0.2) is 22.8 Å². The SMILES string of the molecule is CSC1(CNC(C)C(=O)NCc2ccco2)CCC1. The highest BCUT2D eigenvalue weighted by molar-refractivity contribution is 8.00. The molecule has 0 radical (unpaired) electrons. The molecule has 1 unspecified atom stereocenters. The van der Waals surface area contributed by atoms with E-state index in [4.69, 9.17) is 4.42 Å². The van der Waals surface area contributed by atoms with E-state index in [-0.39, 0.29) is 11.9 Å². The first kappa shape index (κ1) is 14.5. The van der Waals surface area contributed by atoms with Crippen LogP contribution < -0.4 is 10.6 Å². The zero-order valence-electron chi connectivity index (χ0n) is 11.6. The van der Waals surface area contributed by atoms with Crippen molar-refractivity contribution in [2.45, 2.75) is 43.5 Å². The van der Waals surface area contributed by atoms with Gasteiger partial charge in [0.05, 0.1) is 18.8 Å². The van der Waals surface area contributed by atoms with Gasteiger partial charge in [-0.05, 0) is 38.2 Å². The number of carbonyl (C=O) groups is 1. The third-order valence-corrected chi connectivity index (χ3v) is 5.26. The van der Waals surface area contributed by atoms with Crippen molar-refractivity contribution in [3.05, 3.63) is 24.2 Å². The molecule has 1 saturated carbocycles. The fourth-order valence-electron chi connectivity index (χ4n) is 2.20. The summed E-state index contributed by atoms with van der Waals surface area (Å²) < 4.78 is 5.54. The predicted octanol–water partition coefficient (Wildman–Crippen LogP) is 2.16. The average molecular weight is 282 g/mol. The van der Waals surface area contributed by atoms with Crippen molar-refractivity contribution in [1.29, 1.82) is 0 Å². The van der Waals surface area contributed by atoms with Crippen LogP contribution in [0.5, 0.6) is 0 Å². The van der Waals surface area contributed by atoms with E-state index in [1.165, 1.54) is 19.3 Å². The van der Waals surface area contributed by atoms with Crippen molar-refractivity contribution in [3.63, 3.8) is 0 Å². The predicted molar refractivity (Wildman–Crippen MR) is 78.1 cm³/mol. The molecule has 1 aliphatic rings. The van der Waals surface area contributed by atoms with Crippen LogP contribution in [0.25, 0.3) is 0 Å². The normalized spacial score (nSPS) is 18.6. The topological polar surface area (TPSA) is 54.3 Å². The van der Waals surface area contributed by atoms with E-state index in [1.807, 2.05) is 30.8 Å². The molecule has 2 N–H and O–H groups in total. The summed E-state index contributed by atoms with van der Waals surface area (Å²) in [6.45, 7) is 3.26. The first-order chi connectivity index (χ1) is 9.15. The molecule has 19 heavy (non-hydrogen) atoms. The van der Waals surface area contributed by atoms with Gasteiger partial charge in [0.25, 0.3) is 0 Å². The number of furan rings is 1. The Morgan fingerprint density at radius 1 is 1.58 bits per heavy atom. The Bertz CT molecular complexity index is 396. The lowest BCUT2D eigenvalue weighted by Crippen LogP contribution is -2.50. The molecule has 1 fully saturated rings. The maximum absolute atomic E-state index is 11.9. The highest BCUT2D eigenvalue weighted by Crippen LogP contribution is 2.42. The maximum atomic E-state index is 11.9. The van der Waals surface area contributed by atoms with Gasteiger partial charge in [0.1, 0.15) is 5.76 Å². The monoisotopic (exact) mass is 282 g/mol. The molecular weight excluding hydrogens is 260 g/mol. The van der Waals surface area contributed by atoms with Gasteiger partial charge in [-0.15, -0.1) is 0 Å². The van der Waals surface area contributed by atoms with Crippen LogP contribution in [0.2, 0.25) is 0 Å². The second-order valence-electron chi connectivity index (χ2n) is 5.14. The molecule has 2 rings (SSSR count). The van der Waals surface area contributed by atoms with Crippen molar-refractivity contribution in [3.8, 4) is 0 Å². The molecule has 5 heteroatoms. The summed E-state index contributed by atoms with van der Waals surface area (Å²) in [5.41, 5.74) is 0. The van der Waals surface area contributed by atoms with Crippen LogP contribution in [-0.4, -0.2) is 29.5 Å². The van der Waals surface area contributed by atoms with Gasteiger partial charge in [0, 0.05) is 11.3 Å². The first-order valence-electron chi connectivity index (χ1n) is 6.74. The van der Waals surface area contributed by atoms with E-state index >= 15 is 0 Å². The second kappa shape index (κ2) is 6.48. The van der Waals surface area contributed by atoms with Gasteiger partial charge in [0.15, 0.2) is 0 Å². The molecule has 1 atom stereocenters. The lowest BCUT2D eigenvalue weighted by atomic mass is 9.84. The quantitative estimate of drug-likeness (QED) is 0.804. The van der Waals surface area contributed by atoms with Crippen molar-refractivity contribution < 1.29 is 9.21 Å². The first-order valence-corrected chi connectivity index (χ1v) is 7.96. The van der Waals surface area contributed by atoms with E-state index in [0.717, 1.165) is 12.3 Å².